The molecule has 0 N–H and O–H groups in total. The molecule has 0 radical (unpaired) electrons. The maximum atomic E-state index is 4.33. The molecule has 0 aliphatic rings. The molecule has 0 aliphatic carbocycles. The standard InChI is InChI=1S/C13H16N4S/c1-9-13(10(2)17(3)16-9)15-14-11-7-5-6-8-12(11)18-4/h5-8H,1-4H3. The first kappa shape index (κ1) is 12.8. The van der Waals surface area contributed by atoms with Gasteiger partial charge in [0, 0.05) is 11.9 Å². The average molecular weight is 260 g/mol. The second kappa shape index (κ2) is 5.35. The molecule has 0 bridgehead atoms. The summed E-state index contributed by atoms with van der Waals surface area (Å²) in [4.78, 5) is 1.13. The average Bonchev–Trinajstić information content (AvgIpc) is 2.62. The van der Waals surface area contributed by atoms with Gasteiger partial charge in [0.15, 0.2) is 0 Å². The van der Waals surface area contributed by atoms with E-state index in [0.717, 1.165) is 27.7 Å². The van der Waals surface area contributed by atoms with Gasteiger partial charge >= 0.3 is 0 Å². The molecule has 18 heavy (non-hydrogen) atoms. The molecule has 0 unspecified atom stereocenters. The quantitative estimate of drug-likeness (QED) is 0.614. The molecule has 2 aromatic rings. The van der Waals surface area contributed by atoms with Gasteiger partial charge in [0.05, 0.1) is 17.1 Å². The molecule has 1 aromatic carbocycles. The predicted molar refractivity (Wildman–Crippen MR) is 75.1 cm³/mol. The number of aromatic nitrogens is 2. The highest BCUT2D eigenvalue weighted by atomic mass is 32.2. The maximum absolute atomic E-state index is 4.33. The van der Waals surface area contributed by atoms with Gasteiger partial charge in [-0.1, -0.05) is 12.1 Å². The van der Waals surface area contributed by atoms with Crippen molar-refractivity contribution in [2.45, 2.75) is 18.7 Å². The second-order valence-corrected chi connectivity index (χ2v) is 4.86. The topological polar surface area (TPSA) is 42.5 Å². The molecule has 0 amide bonds. The molecule has 4 nitrogen and oxygen atoms in total. The van der Waals surface area contributed by atoms with Gasteiger partial charge in [-0.15, -0.1) is 22.0 Å². The van der Waals surface area contributed by atoms with Gasteiger partial charge in [-0.05, 0) is 32.2 Å². The van der Waals surface area contributed by atoms with E-state index in [2.05, 4.69) is 15.3 Å². The van der Waals surface area contributed by atoms with Gasteiger partial charge in [-0.3, -0.25) is 4.68 Å². The van der Waals surface area contributed by atoms with E-state index in [1.165, 1.54) is 0 Å². The highest BCUT2D eigenvalue weighted by Crippen LogP contribution is 2.30. The summed E-state index contributed by atoms with van der Waals surface area (Å²) in [5.74, 6) is 0. The minimum Gasteiger partial charge on any atom is -0.270 e. The van der Waals surface area contributed by atoms with Crippen LogP contribution in [0.15, 0.2) is 39.4 Å². The molecule has 94 valence electrons. The zero-order chi connectivity index (χ0) is 13.1. The largest absolute Gasteiger partial charge is 0.270 e. The Morgan fingerprint density at radius 3 is 2.50 bits per heavy atom. The third kappa shape index (κ3) is 2.46. The Hall–Kier alpha value is -1.62. The Bertz CT molecular complexity index is 587. The van der Waals surface area contributed by atoms with Crippen molar-refractivity contribution < 1.29 is 0 Å². The Balaban J connectivity index is 2.36. The minimum absolute atomic E-state index is 0.855. The van der Waals surface area contributed by atoms with Crippen molar-refractivity contribution in [1.82, 2.24) is 9.78 Å². The number of aryl methyl sites for hydroxylation is 2. The van der Waals surface area contributed by atoms with Crippen LogP contribution in [0.2, 0.25) is 0 Å². The van der Waals surface area contributed by atoms with Crippen molar-refractivity contribution in [3.05, 3.63) is 35.7 Å². The zero-order valence-electron chi connectivity index (χ0n) is 11.0. The first-order valence-electron chi connectivity index (χ1n) is 5.68. The Morgan fingerprint density at radius 1 is 1.17 bits per heavy atom. The summed E-state index contributed by atoms with van der Waals surface area (Å²) in [5, 5.41) is 13.0. The van der Waals surface area contributed by atoms with Crippen LogP contribution in [-0.4, -0.2) is 16.0 Å². The molecule has 5 heteroatoms. The molecule has 0 saturated heterocycles. The van der Waals surface area contributed by atoms with Gasteiger partial charge in [0.1, 0.15) is 5.69 Å². The molecular weight excluding hydrogens is 244 g/mol. The molecule has 0 fully saturated rings. The molecule has 2 rings (SSSR count). The van der Waals surface area contributed by atoms with E-state index in [9.17, 15) is 0 Å². The van der Waals surface area contributed by atoms with E-state index in [1.807, 2.05) is 56.1 Å². The summed E-state index contributed by atoms with van der Waals surface area (Å²) in [7, 11) is 1.91. The number of azo groups is 1. The number of nitrogens with zero attached hydrogens (tertiary/aromatic N) is 4. The third-order valence-electron chi connectivity index (χ3n) is 2.81. The Labute approximate surface area is 111 Å². The normalized spacial score (nSPS) is 11.3. The predicted octanol–water partition coefficient (Wildman–Crippen LogP) is 4.17. The third-order valence-corrected chi connectivity index (χ3v) is 3.60. The monoisotopic (exact) mass is 260 g/mol. The highest BCUT2D eigenvalue weighted by Gasteiger charge is 2.08. The molecule has 0 atom stereocenters. The lowest BCUT2D eigenvalue weighted by Crippen LogP contribution is -1.91. The van der Waals surface area contributed by atoms with Gasteiger partial charge in [-0.2, -0.15) is 5.10 Å². The van der Waals surface area contributed by atoms with Crippen LogP contribution in [0.25, 0.3) is 0 Å². The highest BCUT2D eigenvalue weighted by molar-refractivity contribution is 7.98. The molecule has 0 spiro atoms. The first-order chi connectivity index (χ1) is 8.63. The van der Waals surface area contributed by atoms with E-state index in [-0.39, 0.29) is 0 Å². The van der Waals surface area contributed by atoms with Crippen molar-refractivity contribution >= 4 is 23.1 Å². The van der Waals surface area contributed by atoms with E-state index >= 15 is 0 Å². The van der Waals surface area contributed by atoms with Crippen molar-refractivity contribution in [2.75, 3.05) is 6.26 Å². The summed E-state index contributed by atoms with van der Waals surface area (Å²) in [6.45, 7) is 3.94. The number of hydrogen-bond donors (Lipinski definition) is 0. The van der Waals surface area contributed by atoms with Crippen molar-refractivity contribution in [2.24, 2.45) is 17.3 Å². The molecule has 1 aromatic heterocycles. The molecule has 0 saturated carbocycles. The fourth-order valence-corrected chi connectivity index (χ4v) is 2.26. The summed E-state index contributed by atoms with van der Waals surface area (Å²) in [6, 6.07) is 7.99. The smallest absolute Gasteiger partial charge is 0.129 e. The van der Waals surface area contributed by atoms with Crippen LogP contribution in [-0.2, 0) is 7.05 Å². The Kier molecular flexibility index (Phi) is 3.81. The number of thioether (sulfide) groups is 1. The molecule has 0 aliphatic heterocycles. The number of hydrogen-bond acceptors (Lipinski definition) is 4. The number of benzene rings is 1. The fraction of sp³-hybridized carbons (Fsp3) is 0.308. The Morgan fingerprint density at radius 2 is 1.89 bits per heavy atom. The molecular formula is C13H16N4S. The summed E-state index contributed by atoms with van der Waals surface area (Å²) in [5.41, 5.74) is 3.68. The van der Waals surface area contributed by atoms with E-state index in [0.29, 0.717) is 0 Å². The van der Waals surface area contributed by atoms with Crippen LogP contribution in [0.4, 0.5) is 11.4 Å². The van der Waals surface area contributed by atoms with E-state index in [4.69, 9.17) is 0 Å². The lowest BCUT2D eigenvalue weighted by molar-refractivity contribution is 0.731. The zero-order valence-corrected chi connectivity index (χ0v) is 11.8. The lowest BCUT2D eigenvalue weighted by Gasteiger charge is -1.99. The summed E-state index contributed by atoms with van der Waals surface area (Å²) in [6.07, 6.45) is 2.04. The van der Waals surface area contributed by atoms with Crippen LogP contribution >= 0.6 is 11.8 Å². The maximum Gasteiger partial charge on any atom is 0.129 e. The minimum atomic E-state index is 0.855. The van der Waals surface area contributed by atoms with Gasteiger partial charge < -0.3 is 0 Å². The first-order valence-corrected chi connectivity index (χ1v) is 6.91. The summed E-state index contributed by atoms with van der Waals surface area (Å²) >= 11 is 1.67. The fourth-order valence-electron chi connectivity index (χ4n) is 1.72. The van der Waals surface area contributed by atoms with Crippen molar-refractivity contribution in [3.8, 4) is 0 Å². The lowest BCUT2D eigenvalue weighted by atomic mass is 10.3. The SMILES string of the molecule is CSc1ccccc1N=Nc1c(C)nn(C)c1C. The number of rotatable bonds is 3. The van der Waals surface area contributed by atoms with Crippen LogP contribution in [0.3, 0.4) is 0 Å². The van der Waals surface area contributed by atoms with Crippen LogP contribution in [0.1, 0.15) is 11.4 Å². The van der Waals surface area contributed by atoms with Gasteiger partial charge in [0.2, 0.25) is 0 Å². The van der Waals surface area contributed by atoms with Crippen LogP contribution in [0, 0.1) is 13.8 Å². The van der Waals surface area contributed by atoms with Crippen LogP contribution < -0.4 is 0 Å². The second-order valence-electron chi connectivity index (χ2n) is 4.01. The van der Waals surface area contributed by atoms with E-state index in [1.54, 1.807) is 11.8 Å². The molecule has 1 heterocycles. The van der Waals surface area contributed by atoms with Crippen molar-refractivity contribution in [1.29, 1.82) is 0 Å². The van der Waals surface area contributed by atoms with E-state index < -0.39 is 0 Å². The van der Waals surface area contributed by atoms with Crippen molar-refractivity contribution in [3.63, 3.8) is 0 Å². The van der Waals surface area contributed by atoms with Crippen LogP contribution in [0.5, 0.6) is 0 Å². The van der Waals surface area contributed by atoms with Gasteiger partial charge in [0.25, 0.3) is 0 Å². The van der Waals surface area contributed by atoms with Gasteiger partial charge in [-0.25, -0.2) is 0 Å². The summed E-state index contributed by atoms with van der Waals surface area (Å²) < 4.78 is 1.82.